The van der Waals surface area contributed by atoms with Gasteiger partial charge in [0.1, 0.15) is 0 Å². The Morgan fingerprint density at radius 1 is 1.31 bits per heavy atom. The normalized spacial score (nSPS) is 18.1. The first-order chi connectivity index (χ1) is 6.00. The van der Waals surface area contributed by atoms with Crippen molar-refractivity contribution in [2.24, 2.45) is 0 Å². The van der Waals surface area contributed by atoms with E-state index in [0.29, 0.717) is 20.6 Å². The highest BCUT2D eigenvalue weighted by molar-refractivity contribution is 9.15. The lowest BCUT2D eigenvalue weighted by Gasteiger charge is -1.99. The lowest BCUT2D eigenvalue weighted by molar-refractivity contribution is 0.605. The summed E-state index contributed by atoms with van der Waals surface area (Å²) in [4.78, 5) is 0.313. The van der Waals surface area contributed by atoms with Crippen molar-refractivity contribution in [3.05, 3.63) is 29.2 Å². The summed E-state index contributed by atoms with van der Waals surface area (Å²) in [5.74, 6) is 0. The fraction of sp³-hybridized carbons (Fsp3) is 0. The van der Waals surface area contributed by atoms with Gasteiger partial charge in [0.05, 0.1) is 10.3 Å². The van der Waals surface area contributed by atoms with Crippen molar-refractivity contribution >= 4 is 35.9 Å². The van der Waals surface area contributed by atoms with Crippen molar-refractivity contribution in [3.8, 4) is 0 Å². The van der Waals surface area contributed by atoms with Gasteiger partial charge < -0.3 is 5.73 Å². The summed E-state index contributed by atoms with van der Waals surface area (Å²) in [7, 11) is -3.24. The zero-order valence-electron chi connectivity index (χ0n) is 6.49. The Hall–Kier alpha value is -0.810. The van der Waals surface area contributed by atoms with Crippen LogP contribution in [0.25, 0.3) is 4.48 Å². The fourth-order valence-corrected chi connectivity index (χ4v) is 3.70. The molecule has 0 aromatic heterocycles. The van der Waals surface area contributed by atoms with E-state index < -0.39 is 9.84 Å². The van der Waals surface area contributed by atoms with Crippen LogP contribution in [0.3, 0.4) is 0 Å². The number of fused-ring (bicyclic) bond motifs is 1. The maximum absolute atomic E-state index is 11.4. The Labute approximate surface area is 84.3 Å². The van der Waals surface area contributed by atoms with Gasteiger partial charge in [-0.2, -0.15) is 0 Å². The van der Waals surface area contributed by atoms with Crippen molar-refractivity contribution in [1.82, 2.24) is 0 Å². The molecule has 1 aromatic carbocycles. The summed E-state index contributed by atoms with van der Waals surface area (Å²) in [6.45, 7) is 0. The van der Waals surface area contributed by atoms with E-state index in [1.54, 1.807) is 12.1 Å². The number of halogens is 1. The molecule has 2 rings (SSSR count). The topological polar surface area (TPSA) is 60.2 Å². The molecule has 0 amide bonds. The molecule has 1 aromatic rings. The van der Waals surface area contributed by atoms with Gasteiger partial charge in [-0.15, -0.1) is 0 Å². The first-order valence-electron chi connectivity index (χ1n) is 3.53. The van der Waals surface area contributed by atoms with E-state index in [0.717, 1.165) is 0 Å². The molecule has 0 aliphatic carbocycles. The zero-order chi connectivity index (χ0) is 9.64. The van der Waals surface area contributed by atoms with Gasteiger partial charge in [0.25, 0.3) is 0 Å². The van der Waals surface area contributed by atoms with E-state index in [1.165, 1.54) is 11.5 Å². The van der Waals surface area contributed by atoms with Gasteiger partial charge in [-0.05, 0) is 34.1 Å². The van der Waals surface area contributed by atoms with E-state index in [9.17, 15) is 8.42 Å². The zero-order valence-corrected chi connectivity index (χ0v) is 8.89. The summed E-state index contributed by atoms with van der Waals surface area (Å²) in [5, 5.41) is 1.19. The number of sulfone groups is 1. The average molecular weight is 260 g/mol. The van der Waals surface area contributed by atoms with Gasteiger partial charge >= 0.3 is 0 Å². The van der Waals surface area contributed by atoms with Crippen LogP contribution in [0, 0.1) is 0 Å². The molecule has 0 spiro atoms. The van der Waals surface area contributed by atoms with Crippen LogP contribution in [0.1, 0.15) is 5.56 Å². The molecule has 1 aliphatic rings. The monoisotopic (exact) mass is 259 g/mol. The average Bonchev–Trinajstić information content (AvgIpc) is 2.22. The quantitative estimate of drug-likeness (QED) is 0.723. The number of hydrogen-bond acceptors (Lipinski definition) is 3. The second kappa shape index (κ2) is 2.59. The molecule has 3 nitrogen and oxygen atoms in total. The van der Waals surface area contributed by atoms with Gasteiger partial charge in [0, 0.05) is 15.7 Å². The number of benzene rings is 1. The number of nitrogen functional groups attached to an aromatic ring is 1. The number of hydrogen-bond donors (Lipinski definition) is 1. The third kappa shape index (κ3) is 1.28. The Balaban J connectivity index is 2.82. The molecule has 0 saturated carbocycles. The third-order valence-corrected chi connectivity index (χ3v) is 4.30. The largest absolute Gasteiger partial charge is 0.399 e. The first-order valence-corrected chi connectivity index (χ1v) is 5.87. The van der Waals surface area contributed by atoms with Gasteiger partial charge in [-0.1, -0.05) is 0 Å². The Kier molecular flexibility index (Phi) is 1.75. The van der Waals surface area contributed by atoms with Crippen molar-refractivity contribution < 1.29 is 8.42 Å². The first kappa shape index (κ1) is 8.77. The van der Waals surface area contributed by atoms with Gasteiger partial charge in [-0.3, -0.25) is 0 Å². The molecular formula is C8H6BrNO2S. The predicted molar refractivity (Wildman–Crippen MR) is 54.9 cm³/mol. The predicted octanol–water partition coefficient (Wildman–Crippen LogP) is 1.75. The van der Waals surface area contributed by atoms with Crippen molar-refractivity contribution in [2.75, 3.05) is 5.73 Å². The highest BCUT2D eigenvalue weighted by Gasteiger charge is 2.25. The number of rotatable bonds is 0. The van der Waals surface area contributed by atoms with Crippen LogP contribution in [0.2, 0.25) is 0 Å². The highest BCUT2D eigenvalue weighted by atomic mass is 79.9. The molecule has 0 atom stereocenters. The maximum atomic E-state index is 11.4. The van der Waals surface area contributed by atoms with Crippen LogP contribution in [-0.4, -0.2) is 8.42 Å². The Morgan fingerprint density at radius 2 is 2.00 bits per heavy atom. The molecule has 2 N–H and O–H groups in total. The van der Waals surface area contributed by atoms with Crippen LogP contribution in [0.15, 0.2) is 28.5 Å². The SMILES string of the molecule is Nc1ccc2c(c1)C(Br)=CS2(=O)=O. The van der Waals surface area contributed by atoms with Crippen molar-refractivity contribution in [2.45, 2.75) is 4.90 Å². The molecule has 0 saturated heterocycles. The Bertz CT molecular complexity index is 505. The molecule has 5 heteroatoms. The number of nitrogens with two attached hydrogens (primary N) is 1. The van der Waals surface area contributed by atoms with Crippen LogP contribution in [-0.2, 0) is 9.84 Å². The molecule has 68 valence electrons. The summed E-state index contributed by atoms with van der Waals surface area (Å²) < 4.78 is 23.4. The van der Waals surface area contributed by atoms with Crippen molar-refractivity contribution in [3.63, 3.8) is 0 Å². The standard InChI is InChI=1S/C8H6BrNO2S/c9-7-4-13(11,12)8-2-1-5(10)3-6(7)8/h1-4H,10H2. The molecular weight excluding hydrogens is 254 g/mol. The lowest BCUT2D eigenvalue weighted by Crippen LogP contribution is -1.94. The molecule has 0 fully saturated rings. The summed E-state index contributed by atoms with van der Waals surface area (Å²) >= 11 is 3.17. The van der Waals surface area contributed by atoms with Crippen LogP contribution >= 0.6 is 15.9 Å². The van der Waals surface area contributed by atoms with Gasteiger partial charge in [0.2, 0.25) is 9.84 Å². The maximum Gasteiger partial charge on any atom is 0.201 e. The molecule has 1 aliphatic heterocycles. The van der Waals surface area contributed by atoms with E-state index in [1.807, 2.05) is 0 Å². The van der Waals surface area contributed by atoms with Crippen molar-refractivity contribution in [1.29, 1.82) is 0 Å². The minimum absolute atomic E-state index is 0.313. The molecule has 0 unspecified atom stereocenters. The fourth-order valence-electron chi connectivity index (χ4n) is 1.25. The molecule has 1 heterocycles. The highest BCUT2D eigenvalue weighted by Crippen LogP contribution is 2.37. The second-order valence-corrected chi connectivity index (χ2v) is 5.39. The van der Waals surface area contributed by atoms with Crippen LogP contribution in [0.4, 0.5) is 5.69 Å². The smallest absolute Gasteiger partial charge is 0.201 e. The molecule has 0 bridgehead atoms. The minimum Gasteiger partial charge on any atom is -0.399 e. The van der Waals surface area contributed by atoms with E-state index in [2.05, 4.69) is 15.9 Å². The second-order valence-electron chi connectivity index (χ2n) is 2.77. The summed E-state index contributed by atoms with van der Waals surface area (Å²) in [6, 6.07) is 4.74. The number of anilines is 1. The summed E-state index contributed by atoms with van der Waals surface area (Å²) in [5.41, 5.74) is 6.73. The van der Waals surface area contributed by atoms with Gasteiger partial charge in [-0.25, -0.2) is 8.42 Å². The molecule has 13 heavy (non-hydrogen) atoms. The Morgan fingerprint density at radius 3 is 2.69 bits per heavy atom. The summed E-state index contributed by atoms with van der Waals surface area (Å²) in [6.07, 6.45) is 0. The van der Waals surface area contributed by atoms with Crippen LogP contribution in [0.5, 0.6) is 0 Å². The van der Waals surface area contributed by atoms with Crippen LogP contribution < -0.4 is 5.73 Å². The minimum atomic E-state index is -3.24. The lowest BCUT2D eigenvalue weighted by atomic mass is 10.2. The third-order valence-electron chi connectivity index (χ3n) is 1.83. The van der Waals surface area contributed by atoms with E-state index in [4.69, 9.17) is 5.73 Å². The van der Waals surface area contributed by atoms with E-state index >= 15 is 0 Å². The van der Waals surface area contributed by atoms with Gasteiger partial charge in [0.15, 0.2) is 0 Å². The molecule has 0 radical (unpaired) electrons. The van der Waals surface area contributed by atoms with E-state index in [-0.39, 0.29) is 0 Å².